The van der Waals surface area contributed by atoms with Crippen LogP contribution < -0.4 is 10.1 Å². The van der Waals surface area contributed by atoms with Gasteiger partial charge in [0.25, 0.3) is 5.91 Å². The number of rotatable bonds is 6. The normalized spacial score (nSPS) is 11.8. The van der Waals surface area contributed by atoms with E-state index in [0.717, 1.165) is 23.3 Å². The molecule has 0 bridgehead atoms. The van der Waals surface area contributed by atoms with Crippen LogP contribution in [0.3, 0.4) is 0 Å². The molecule has 2 rings (SSSR count). The zero-order valence-corrected chi connectivity index (χ0v) is 14.3. The van der Waals surface area contributed by atoms with Gasteiger partial charge in [-0.3, -0.25) is 4.79 Å². The van der Waals surface area contributed by atoms with Gasteiger partial charge in [0, 0.05) is 0 Å². The van der Waals surface area contributed by atoms with Crippen molar-refractivity contribution in [2.75, 3.05) is 6.61 Å². The van der Waals surface area contributed by atoms with E-state index in [9.17, 15) is 4.79 Å². The summed E-state index contributed by atoms with van der Waals surface area (Å²) in [5.41, 5.74) is 4.71. The number of ether oxygens (including phenoxy) is 1. The SMILES string of the molecule is CCC(NC(=O)COc1ccc(C)c(C)c1)c1ccc(C)cc1. The van der Waals surface area contributed by atoms with E-state index in [1.807, 2.05) is 25.1 Å². The molecule has 0 aliphatic rings. The minimum Gasteiger partial charge on any atom is -0.484 e. The third kappa shape index (κ3) is 4.85. The number of benzene rings is 2. The topological polar surface area (TPSA) is 38.3 Å². The van der Waals surface area contributed by atoms with E-state index in [0.29, 0.717) is 0 Å². The van der Waals surface area contributed by atoms with Crippen LogP contribution in [0.25, 0.3) is 0 Å². The van der Waals surface area contributed by atoms with Gasteiger partial charge in [-0.2, -0.15) is 0 Å². The minimum atomic E-state index is -0.101. The third-order valence-corrected chi connectivity index (χ3v) is 4.07. The Kier molecular flexibility index (Phi) is 5.80. The van der Waals surface area contributed by atoms with Gasteiger partial charge in [-0.25, -0.2) is 0 Å². The van der Waals surface area contributed by atoms with Gasteiger partial charge in [0.05, 0.1) is 6.04 Å². The van der Waals surface area contributed by atoms with Crippen molar-refractivity contribution in [3.8, 4) is 5.75 Å². The second kappa shape index (κ2) is 7.82. The zero-order valence-electron chi connectivity index (χ0n) is 14.3. The molecule has 1 amide bonds. The fourth-order valence-electron chi connectivity index (χ4n) is 2.41. The molecule has 0 aliphatic heterocycles. The first-order valence-electron chi connectivity index (χ1n) is 8.05. The van der Waals surface area contributed by atoms with Crippen LogP contribution in [0.5, 0.6) is 5.75 Å². The lowest BCUT2D eigenvalue weighted by Crippen LogP contribution is -2.32. The second-order valence-electron chi connectivity index (χ2n) is 5.97. The molecule has 0 heterocycles. The summed E-state index contributed by atoms with van der Waals surface area (Å²) in [6.07, 6.45) is 0.846. The van der Waals surface area contributed by atoms with Crippen LogP contribution in [-0.4, -0.2) is 12.5 Å². The summed E-state index contributed by atoms with van der Waals surface area (Å²) in [5.74, 6) is 0.627. The van der Waals surface area contributed by atoms with Crippen LogP contribution in [0, 0.1) is 20.8 Å². The van der Waals surface area contributed by atoms with Crippen molar-refractivity contribution in [2.24, 2.45) is 0 Å². The average molecular weight is 311 g/mol. The third-order valence-electron chi connectivity index (χ3n) is 4.07. The molecule has 0 spiro atoms. The minimum absolute atomic E-state index is 0.0199. The maximum atomic E-state index is 12.1. The van der Waals surface area contributed by atoms with Gasteiger partial charge in [-0.15, -0.1) is 0 Å². The molecule has 3 nitrogen and oxygen atoms in total. The fourth-order valence-corrected chi connectivity index (χ4v) is 2.41. The highest BCUT2D eigenvalue weighted by Crippen LogP contribution is 2.18. The quantitative estimate of drug-likeness (QED) is 0.865. The Morgan fingerprint density at radius 1 is 1.04 bits per heavy atom. The van der Waals surface area contributed by atoms with E-state index in [-0.39, 0.29) is 18.6 Å². The van der Waals surface area contributed by atoms with Crippen molar-refractivity contribution in [1.29, 1.82) is 0 Å². The van der Waals surface area contributed by atoms with E-state index < -0.39 is 0 Å². The van der Waals surface area contributed by atoms with Crippen molar-refractivity contribution in [1.82, 2.24) is 5.32 Å². The predicted octanol–water partition coefficient (Wildman–Crippen LogP) is 4.26. The number of carbonyl (C=O) groups excluding carboxylic acids is 1. The highest BCUT2D eigenvalue weighted by Gasteiger charge is 2.13. The van der Waals surface area contributed by atoms with Gasteiger partial charge >= 0.3 is 0 Å². The summed E-state index contributed by atoms with van der Waals surface area (Å²) in [7, 11) is 0. The summed E-state index contributed by atoms with van der Waals surface area (Å²) in [5, 5.41) is 3.03. The molecule has 0 aromatic heterocycles. The van der Waals surface area contributed by atoms with Gasteiger partial charge in [-0.05, 0) is 56.0 Å². The summed E-state index contributed by atoms with van der Waals surface area (Å²) in [4.78, 5) is 12.1. The predicted molar refractivity (Wildman–Crippen MR) is 93.8 cm³/mol. The molecule has 3 heteroatoms. The lowest BCUT2D eigenvalue weighted by molar-refractivity contribution is -0.123. The zero-order chi connectivity index (χ0) is 16.8. The van der Waals surface area contributed by atoms with E-state index in [1.165, 1.54) is 11.1 Å². The van der Waals surface area contributed by atoms with Crippen molar-refractivity contribution < 1.29 is 9.53 Å². The van der Waals surface area contributed by atoms with Crippen LogP contribution in [0.4, 0.5) is 0 Å². The molecule has 0 radical (unpaired) electrons. The molecule has 0 fully saturated rings. The number of hydrogen-bond acceptors (Lipinski definition) is 2. The Bertz CT molecular complexity index is 662. The van der Waals surface area contributed by atoms with Gasteiger partial charge in [-0.1, -0.05) is 42.8 Å². The summed E-state index contributed by atoms with van der Waals surface area (Å²) < 4.78 is 5.59. The fraction of sp³-hybridized carbons (Fsp3) is 0.350. The summed E-state index contributed by atoms with van der Waals surface area (Å²) in [6.45, 7) is 8.24. The van der Waals surface area contributed by atoms with E-state index in [2.05, 4.69) is 50.4 Å². The highest BCUT2D eigenvalue weighted by atomic mass is 16.5. The Hall–Kier alpha value is -2.29. The first-order chi connectivity index (χ1) is 11.0. The highest BCUT2D eigenvalue weighted by molar-refractivity contribution is 5.78. The van der Waals surface area contributed by atoms with Crippen LogP contribution in [0.2, 0.25) is 0 Å². The lowest BCUT2D eigenvalue weighted by Gasteiger charge is -2.18. The van der Waals surface area contributed by atoms with Gasteiger partial charge in [0.15, 0.2) is 6.61 Å². The number of amides is 1. The Balaban J connectivity index is 1.92. The van der Waals surface area contributed by atoms with Gasteiger partial charge < -0.3 is 10.1 Å². The van der Waals surface area contributed by atoms with Crippen LogP contribution in [-0.2, 0) is 4.79 Å². The number of nitrogens with one attached hydrogen (secondary N) is 1. The molecule has 1 unspecified atom stereocenters. The standard InChI is InChI=1S/C20H25NO2/c1-5-19(17-9-6-14(2)7-10-17)21-20(22)13-23-18-11-8-15(3)16(4)12-18/h6-12,19H,5,13H2,1-4H3,(H,21,22). The van der Waals surface area contributed by atoms with Crippen LogP contribution >= 0.6 is 0 Å². The lowest BCUT2D eigenvalue weighted by atomic mass is 10.0. The van der Waals surface area contributed by atoms with E-state index in [1.54, 1.807) is 0 Å². The summed E-state index contributed by atoms with van der Waals surface area (Å²) in [6, 6.07) is 14.1. The maximum absolute atomic E-state index is 12.1. The maximum Gasteiger partial charge on any atom is 0.258 e. The molecule has 1 N–H and O–H groups in total. The molecule has 0 aliphatic carbocycles. The van der Waals surface area contributed by atoms with Crippen molar-refractivity contribution in [3.63, 3.8) is 0 Å². The van der Waals surface area contributed by atoms with E-state index >= 15 is 0 Å². The molecule has 2 aromatic rings. The number of hydrogen-bond donors (Lipinski definition) is 1. The smallest absolute Gasteiger partial charge is 0.258 e. The molecule has 0 saturated carbocycles. The largest absolute Gasteiger partial charge is 0.484 e. The number of aryl methyl sites for hydroxylation is 3. The summed E-state index contributed by atoms with van der Waals surface area (Å²) >= 11 is 0. The van der Waals surface area contributed by atoms with Crippen LogP contribution in [0.1, 0.15) is 41.6 Å². The molecule has 122 valence electrons. The van der Waals surface area contributed by atoms with Gasteiger partial charge in [0.1, 0.15) is 5.75 Å². The van der Waals surface area contributed by atoms with Crippen molar-refractivity contribution in [3.05, 3.63) is 64.7 Å². The monoisotopic (exact) mass is 311 g/mol. The molecule has 1 atom stereocenters. The molecular formula is C20H25NO2. The molecule has 0 saturated heterocycles. The second-order valence-corrected chi connectivity index (χ2v) is 5.97. The first kappa shape index (κ1) is 17.1. The average Bonchev–Trinajstić information content (AvgIpc) is 2.54. The Morgan fingerprint density at radius 2 is 1.74 bits per heavy atom. The first-order valence-corrected chi connectivity index (χ1v) is 8.05. The van der Waals surface area contributed by atoms with E-state index in [4.69, 9.17) is 4.74 Å². The Labute approximate surface area is 138 Å². The molecule has 23 heavy (non-hydrogen) atoms. The van der Waals surface area contributed by atoms with Crippen molar-refractivity contribution >= 4 is 5.91 Å². The van der Waals surface area contributed by atoms with Crippen molar-refractivity contribution in [2.45, 2.75) is 40.2 Å². The number of carbonyl (C=O) groups is 1. The Morgan fingerprint density at radius 3 is 2.35 bits per heavy atom. The van der Waals surface area contributed by atoms with Crippen LogP contribution in [0.15, 0.2) is 42.5 Å². The molecule has 2 aromatic carbocycles. The van der Waals surface area contributed by atoms with Gasteiger partial charge in [0.2, 0.25) is 0 Å². The molecular weight excluding hydrogens is 286 g/mol.